The van der Waals surface area contributed by atoms with Gasteiger partial charge in [0.05, 0.1) is 0 Å². The molecular formula is C14H17NO. The van der Waals surface area contributed by atoms with Crippen molar-refractivity contribution in [2.75, 3.05) is 13.1 Å². The van der Waals surface area contributed by atoms with E-state index in [0.717, 1.165) is 18.7 Å². The Labute approximate surface area is 96.6 Å². The van der Waals surface area contributed by atoms with Crippen molar-refractivity contribution in [1.82, 2.24) is 4.90 Å². The van der Waals surface area contributed by atoms with E-state index < -0.39 is 0 Å². The van der Waals surface area contributed by atoms with Crippen molar-refractivity contribution in [1.29, 1.82) is 0 Å². The molecule has 1 aromatic carbocycles. The maximum Gasteiger partial charge on any atom is 0.187 e. The Kier molecular flexibility index (Phi) is 3.76. The molecule has 0 spiro atoms. The molecular weight excluding hydrogens is 198 g/mol. The van der Waals surface area contributed by atoms with Crippen LogP contribution in [0.25, 0.3) is 0 Å². The SMILES string of the molecule is O=C(C=CN1CCCCC1)c1ccccc1. The first-order valence-corrected chi connectivity index (χ1v) is 5.88. The molecule has 1 saturated heterocycles. The number of benzene rings is 1. The van der Waals surface area contributed by atoms with E-state index in [1.807, 2.05) is 36.5 Å². The Hall–Kier alpha value is -1.57. The van der Waals surface area contributed by atoms with Gasteiger partial charge in [0.25, 0.3) is 0 Å². The summed E-state index contributed by atoms with van der Waals surface area (Å²) in [6.45, 7) is 2.16. The highest BCUT2D eigenvalue weighted by molar-refractivity contribution is 6.04. The molecule has 2 rings (SSSR count). The molecule has 0 N–H and O–H groups in total. The van der Waals surface area contributed by atoms with Gasteiger partial charge in [-0.3, -0.25) is 4.79 Å². The molecule has 0 atom stereocenters. The second kappa shape index (κ2) is 5.50. The molecule has 1 fully saturated rings. The summed E-state index contributed by atoms with van der Waals surface area (Å²) in [7, 11) is 0. The third-order valence-electron chi connectivity index (χ3n) is 2.89. The van der Waals surface area contributed by atoms with Gasteiger partial charge < -0.3 is 4.90 Å². The van der Waals surface area contributed by atoms with Crippen molar-refractivity contribution in [3.8, 4) is 0 Å². The normalized spacial score (nSPS) is 16.6. The highest BCUT2D eigenvalue weighted by Crippen LogP contribution is 2.09. The minimum absolute atomic E-state index is 0.0890. The first kappa shape index (κ1) is 10.9. The van der Waals surface area contributed by atoms with E-state index in [2.05, 4.69) is 4.90 Å². The summed E-state index contributed by atoms with van der Waals surface area (Å²) < 4.78 is 0. The van der Waals surface area contributed by atoms with Crippen molar-refractivity contribution in [3.05, 3.63) is 48.2 Å². The Morgan fingerprint density at radius 3 is 2.44 bits per heavy atom. The number of hydrogen-bond acceptors (Lipinski definition) is 2. The van der Waals surface area contributed by atoms with Crippen LogP contribution in [0.1, 0.15) is 29.6 Å². The molecule has 16 heavy (non-hydrogen) atoms. The van der Waals surface area contributed by atoms with Crippen LogP contribution in [0.3, 0.4) is 0 Å². The zero-order chi connectivity index (χ0) is 11.2. The lowest BCUT2D eigenvalue weighted by molar-refractivity contribution is 0.104. The van der Waals surface area contributed by atoms with Crippen molar-refractivity contribution in [3.63, 3.8) is 0 Å². The maximum absolute atomic E-state index is 11.8. The maximum atomic E-state index is 11.8. The zero-order valence-electron chi connectivity index (χ0n) is 9.43. The van der Waals surface area contributed by atoms with Gasteiger partial charge in [-0.1, -0.05) is 30.3 Å². The average molecular weight is 215 g/mol. The summed E-state index contributed by atoms with van der Waals surface area (Å²) in [5, 5.41) is 0. The second-order valence-corrected chi connectivity index (χ2v) is 4.14. The molecule has 84 valence electrons. The van der Waals surface area contributed by atoms with Gasteiger partial charge in [-0.15, -0.1) is 0 Å². The summed E-state index contributed by atoms with van der Waals surface area (Å²) in [6.07, 6.45) is 7.42. The number of nitrogens with zero attached hydrogens (tertiary/aromatic N) is 1. The summed E-state index contributed by atoms with van der Waals surface area (Å²) in [4.78, 5) is 14.0. The van der Waals surface area contributed by atoms with Gasteiger partial charge in [0, 0.05) is 30.9 Å². The molecule has 1 heterocycles. The van der Waals surface area contributed by atoms with Gasteiger partial charge in [-0.25, -0.2) is 0 Å². The lowest BCUT2D eigenvalue weighted by Gasteiger charge is -2.24. The van der Waals surface area contributed by atoms with E-state index in [-0.39, 0.29) is 5.78 Å². The van der Waals surface area contributed by atoms with Gasteiger partial charge in [-0.2, -0.15) is 0 Å². The molecule has 0 aromatic heterocycles. The molecule has 0 saturated carbocycles. The van der Waals surface area contributed by atoms with Gasteiger partial charge in [0.2, 0.25) is 0 Å². The third kappa shape index (κ3) is 2.96. The minimum atomic E-state index is 0.0890. The van der Waals surface area contributed by atoms with Crippen LogP contribution in [0.4, 0.5) is 0 Å². The van der Waals surface area contributed by atoms with Crippen molar-refractivity contribution in [2.45, 2.75) is 19.3 Å². The van der Waals surface area contributed by atoms with E-state index >= 15 is 0 Å². The third-order valence-corrected chi connectivity index (χ3v) is 2.89. The quantitative estimate of drug-likeness (QED) is 0.571. The van der Waals surface area contributed by atoms with Gasteiger partial charge in [0.1, 0.15) is 0 Å². The zero-order valence-corrected chi connectivity index (χ0v) is 9.43. The van der Waals surface area contributed by atoms with Gasteiger partial charge >= 0.3 is 0 Å². The van der Waals surface area contributed by atoms with Crippen molar-refractivity contribution >= 4 is 5.78 Å². The number of carbonyl (C=O) groups excluding carboxylic acids is 1. The van der Waals surface area contributed by atoms with Crippen LogP contribution >= 0.6 is 0 Å². The fourth-order valence-electron chi connectivity index (χ4n) is 1.94. The van der Waals surface area contributed by atoms with Gasteiger partial charge in [-0.05, 0) is 19.3 Å². The Morgan fingerprint density at radius 2 is 1.75 bits per heavy atom. The van der Waals surface area contributed by atoms with Crippen LogP contribution in [0.5, 0.6) is 0 Å². The van der Waals surface area contributed by atoms with E-state index in [1.54, 1.807) is 6.08 Å². The highest BCUT2D eigenvalue weighted by atomic mass is 16.1. The van der Waals surface area contributed by atoms with Crippen LogP contribution in [0.15, 0.2) is 42.6 Å². The van der Waals surface area contributed by atoms with Crippen LogP contribution in [-0.4, -0.2) is 23.8 Å². The summed E-state index contributed by atoms with van der Waals surface area (Å²) in [5.74, 6) is 0.0890. The molecule has 1 aliphatic heterocycles. The number of piperidine rings is 1. The molecule has 0 amide bonds. The average Bonchev–Trinajstić information content (AvgIpc) is 2.38. The van der Waals surface area contributed by atoms with E-state index in [4.69, 9.17) is 0 Å². The number of likely N-dealkylation sites (tertiary alicyclic amines) is 1. The second-order valence-electron chi connectivity index (χ2n) is 4.14. The predicted octanol–water partition coefficient (Wildman–Crippen LogP) is 2.87. The molecule has 0 aliphatic carbocycles. The monoisotopic (exact) mass is 215 g/mol. The predicted molar refractivity (Wildman–Crippen MR) is 65.3 cm³/mol. The smallest absolute Gasteiger partial charge is 0.187 e. The van der Waals surface area contributed by atoms with Crippen molar-refractivity contribution < 1.29 is 4.79 Å². The molecule has 0 unspecified atom stereocenters. The number of ketones is 1. The summed E-state index contributed by atoms with van der Waals surface area (Å²) in [6, 6.07) is 9.40. The molecule has 1 aliphatic rings. The van der Waals surface area contributed by atoms with Crippen LogP contribution in [0.2, 0.25) is 0 Å². The van der Waals surface area contributed by atoms with Gasteiger partial charge in [0.15, 0.2) is 5.78 Å². The largest absolute Gasteiger partial charge is 0.377 e. The lowest BCUT2D eigenvalue weighted by Crippen LogP contribution is -2.24. The Morgan fingerprint density at radius 1 is 1.06 bits per heavy atom. The molecule has 2 heteroatoms. The molecule has 2 nitrogen and oxygen atoms in total. The first-order chi connectivity index (χ1) is 7.86. The topological polar surface area (TPSA) is 20.3 Å². The van der Waals surface area contributed by atoms with Crippen LogP contribution in [-0.2, 0) is 0 Å². The van der Waals surface area contributed by atoms with Crippen molar-refractivity contribution in [2.24, 2.45) is 0 Å². The number of allylic oxidation sites excluding steroid dienone is 1. The molecule has 1 aromatic rings. The Bertz CT molecular complexity index is 364. The number of hydrogen-bond donors (Lipinski definition) is 0. The molecule has 0 bridgehead atoms. The fourth-order valence-corrected chi connectivity index (χ4v) is 1.94. The lowest BCUT2D eigenvalue weighted by atomic mass is 10.1. The van der Waals surface area contributed by atoms with Crippen LogP contribution < -0.4 is 0 Å². The standard InChI is InChI=1S/C14H17NO/c16-14(13-7-3-1-4-8-13)9-12-15-10-5-2-6-11-15/h1,3-4,7-9,12H,2,5-6,10-11H2. The molecule has 0 radical (unpaired) electrons. The first-order valence-electron chi connectivity index (χ1n) is 5.88. The summed E-state index contributed by atoms with van der Waals surface area (Å²) in [5.41, 5.74) is 0.760. The highest BCUT2D eigenvalue weighted by Gasteiger charge is 2.06. The minimum Gasteiger partial charge on any atom is -0.377 e. The Balaban J connectivity index is 1.94. The summed E-state index contributed by atoms with van der Waals surface area (Å²) >= 11 is 0. The number of rotatable bonds is 3. The van der Waals surface area contributed by atoms with E-state index in [0.29, 0.717) is 0 Å². The fraction of sp³-hybridized carbons (Fsp3) is 0.357. The van der Waals surface area contributed by atoms with Crippen LogP contribution in [0, 0.1) is 0 Å². The van der Waals surface area contributed by atoms with E-state index in [1.165, 1.54) is 19.3 Å². The number of carbonyl (C=O) groups is 1. The van der Waals surface area contributed by atoms with E-state index in [9.17, 15) is 4.79 Å².